The number of aryl methyl sites for hydroxylation is 2. The fourth-order valence-electron chi connectivity index (χ4n) is 5.92. The average molecular weight is 629 g/mol. The lowest BCUT2D eigenvalue weighted by atomic mass is 9.99. The number of likely N-dealkylation sites (tertiary alicyclic amines) is 1. The van der Waals surface area contributed by atoms with Gasteiger partial charge < -0.3 is 33.6 Å². The maximum atomic E-state index is 14.3. The first-order valence-electron chi connectivity index (χ1n) is 15.2. The van der Waals surface area contributed by atoms with Crippen molar-refractivity contribution in [3.63, 3.8) is 0 Å². The Balaban J connectivity index is 1.35. The Kier molecular flexibility index (Phi) is 9.15. The number of carbonyl (C=O) groups is 4. The molecule has 1 aromatic heterocycles. The first-order chi connectivity index (χ1) is 20.9. The summed E-state index contributed by atoms with van der Waals surface area (Å²) in [5, 5.41) is 2.86. The zero-order chi connectivity index (χ0) is 31.8. The van der Waals surface area contributed by atoms with E-state index in [2.05, 4.69) is 5.32 Å². The maximum Gasteiger partial charge on any atom is 0.519 e. The van der Waals surface area contributed by atoms with Gasteiger partial charge >= 0.3 is 11.9 Å². The second-order valence-electron chi connectivity index (χ2n) is 11.9. The molecule has 3 heterocycles. The number of anilines is 1. The quantitative estimate of drug-likeness (QED) is 0.436. The van der Waals surface area contributed by atoms with Crippen LogP contribution in [0.1, 0.15) is 80.3 Å². The highest BCUT2D eigenvalue weighted by Gasteiger charge is 2.56. The Morgan fingerprint density at radius 2 is 1.93 bits per heavy atom. The molecule has 1 saturated heterocycles. The molecule has 0 radical (unpaired) electrons. The van der Waals surface area contributed by atoms with Crippen molar-refractivity contribution in [3.8, 4) is 0 Å². The van der Waals surface area contributed by atoms with Crippen molar-refractivity contribution in [2.24, 2.45) is 0 Å². The summed E-state index contributed by atoms with van der Waals surface area (Å²) in [6, 6.07) is 3.41. The SMILES string of the molecule is CCC(=O)NCCN1C(=O)C2(CC2)Sc2cc(C)c(C(=O)N(C(C)C)[C@@H]3CCCN(C(=O)OCc4oc(=O)oc4C)C3)cc21. The molecule has 13 heteroatoms. The Labute approximate surface area is 260 Å². The Hall–Kier alpha value is -3.74. The summed E-state index contributed by atoms with van der Waals surface area (Å²) in [4.78, 5) is 70.0. The molecule has 1 atom stereocenters. The number of hydrogen-bond donors (Lipinski definition) is 1. The summed E-state index contributed by atoms with van der Waals surface area (Å²) in [6.45, 7) is 10.3. The van der Waals surface area contributed by atoms with Crippen molar-refractivity contribution in [1.82, 2.24) is 15.1 Å². The van der Waals surface area contributed by atoms with Crippen LogP contribution in [0.25, 0.3) is 0 Å². The van der Waals surface area contributed by atoms with Crippen LogP contribution >= 0.6 is 11.8 Å². The Morgan fingerprint density at radius 1 is 1.18 bits per heavy atom. The van der Waals surface area contributed by atoms with Gasteiger partial charge in [-0.2, -0.15) is 0 Å². The third-order valence-corrected chi connectivity index (χ3v) is 9.97. The number of amides is 4. The molecule has 0 bridgehead atoms. The highest BCUT2D eigenvalue weighted by atomic mass is 32.2. The fourth-order valence-corrected chi connectivity index (χ4v) is 7.35. The number of ether oxygens (including phenoxy) is 1. The summed E-state index contributed by atoms with van der Waals surface area (Å²) in [5.41, 5.74) is 2.02. The van der Waals surface area contributed by atoms with Crippen molar-refractivity contribution < 1.29 is 32.7 Å². The van der Waals surface area contributed by atoms with Gasteiger partial charge in [0, 0.05) is 49.1 Å². The van der Waals surface area contributed by atoms with Crippen LogP contribution in [0.15, 0.2) is 30.7 Å². The molecule has 1 N–H and O–H groups in total. The average Bonchev–Trinajstić information content (AvgIpc) is 3.68. The molecule has 4 amide bonds. The van der Waals surface area contributed by atoms with E-state index in [1.807, 2.05) is 37.8 Å². The van der Waals surface area contributed by atoms with E-state index in [4.69, 9.17) is 13.6 Å². The topological polar surface area (TPSA) is 143 Å². The maximum absolute atomic E-state index is 14.3. The number of thioether (sulfide) groups is 1. The van der Waals surface area contributed by atoms with E-state index < -0.39 is 16.7 Å². The number of rotatable bonds is 9. The number of fused-ring (bicyclic) bond motifs is 1. The lowest BCUT2D eigenvalue weighted by molar-refractivity contribution is -0.121. The van der Waals surface area contributed by atoms with Crippen molar-refractivity contribution in [2.75, 3.05) is 31.1 Å². The van der Waals surface area contributed by atoms with E-state index in [-0.39, 0.29) is 47.9 Å². The van der Waals surface area contributed by atoms with Gasteiger partial charge in [-0.25, -0.2) is 9.59 Å². The molecule has 44 heavy (non-hydrogen) atoms. The van der Waals surface area contributed by atoms with Crippen molar-refractivity contribution in [1.29, 1.82) is 0 Å². The largest absolute Gasteiger partial charge is 0.519 e. The van der Waals surface area contributed by atoms with Gasteiger partial charge in [-0.1, -0.05) is 6.92 Å². The number of benzene rings is 1. The third-order valence-electron chi connectivity index (χ3n) is 8.45. The Bertz CT molecular complexity index is 1510. The normalized spacial score (nSPS) is 18.8. The van der Waals surface area contributed by atoms with Crippen LogP contribution in [-0.2, 0) is 20.9 Å². The van der Waals surface area contributed by atoms with Gasteiger partial charge in [0.2, 0.25) is 11.8 Å². The number of piperidine rings is 1. The molecule has 1 aliphatic carbocycles. The van der Waals surface area contributed by atoms with Crippen molar-refractivity contribution >= 4 is 41.3 Å². The van der Waals surface area contributed by atoms with Gasteiger partial charge in [0.05, 0.1) is 16.5 Å². The van der Waals surface area contributed by atoms with Crippen LogP contribution in [0.3, 0.4) is 0 Å². The molecule has 238 valence electrons. The van der Waals surface area contributed by atoms with Gasteiger partial charge in [-0.15, -0.1) is 11.8 Å². The molecule has 5 rings (SSSR count). The van der Waals surface area contributed by atoms with E-state index in [1.165, 1.54) is 0 Å². The smallest absolute Gasteiger partial charge is 0.441 e. The molecule has 1 spiro atoms. The van der Waals surface area contributed by atoms with E-state index in [1.54, 1.807) is 35.4 Å². The van der Waals surface area contributed by atoms with Gasteiger partial charge in [0.15, 0.2) is 18.1 Å². The molecule has 2 aliphatic heterocycles. The minimum Gasteiger partial charge on any atom is -0.441 e. The first kappa shape index (κ1) is 31.7. The standard InChI is InChI=1S/C31H40N4O8S/c1-6-26(36)32-11-13-34-23-15-22(19(4)14-25(23)44-31(9-10-31)28(34)38)27(37)35(18(2)3)21-8-7-12-33(16-21)29(39)41-17-24-20(5)42-30(40)43-24/h14-15,18,21H,6-13,16-17H2,1-5H3,(H,32,36)/t21-/m1/s1. The number of nitrogens with one attached hydrogen (secondary N) is 1. The molecule has 1 saturated carbocycles. The van der Waals surface area contributed by atoms with E-state index in [9.17, 15) is 24.0 Å². The summed E-state index contributed by atoms with van der Waals surface area (Å²) in [7, 11) is 0. The highest BCUT2D eigenvalue weighted by molar-refractivity contribution is 8.02. The summed E-state index contributed by atoms with van der Waals surface area (Å²) >= 11 is 1.58. The van der Waals surface area contributed by atoms with Crippen LogP contribution in [0, 0.1) is 13.8 Å². The molecule has 2 fully saturated rings. The zero-order valence-electron chi connectivity index (χ0n) is 25.9. The molecule has 2 aromatic rings. The lowest BCUT2D eigenvalue weighted by Crippen LogP contribution is -2.54. The predicted octanol–water partition coefficient (Wildman–Crippen LogP) is 4.00. The summed E-state index contributed by atoms with van der Waals surface area (Å²) in [5.74, 6) is -0.657. The summed E-state index contributed by atoms with van der Waals surface area (Å²) in [6.07, 6.45) is 2.83. The van der Waals surface area contributed by atoms with Gasteiger partial charge in [0.1, 0.15) is 0 Å². The van der Waals surface area contributed by atoms with Crippen LogP contribution in [0.2, 0.25) is 0 Å². The number of hydrogen-bond acceptors (Lipinski definition) is 9. The zero-order valence-corrected chi connectivity index (χ0v) is 26.7. The molecule has 12 nitrogen and oxygen atoms in total. The van der Waals surface area contributed by atoms with Crippen LogP contribution in [0.4, 0.5) is 10.5 Å². The molecule has 0 unspecified atom stereocenters. The van der Waals surface area contributed by atoms with Crippen LogP contribution < -0.4 is 16.0 Å². The fraction of sp³-hybridized carbons (Fsp3) is 0.581. The van der Waals surface area contributed by atoms with Gasteiger partial charge in [-0.3, -0.25) is 14.4 Å². The summed E-state index contributed by atoms with van der Waals surface area (Å²) < 4.78 is 14.7. The highest BCUT2D eigenvalue weighted by Crippen LogP contribution is 2.58. The minimum atomic E-state index is -0.850. The monoisotopic (exact) mass is 628 g/mol. The molecule has 1 aromatic carbocycles. The van der Waals surface area contributed by atoms with Gasteiger partial charge in [-0.05, 0) is 71.1 Å². The van der Waals surface area contributed by atoms with E-state index in [0.717, 1.165) is 23.3 Å². The number of carbonyl (C=O) groups excluding carboxylic acids is 4. The van der Waals surface area contributed by atoms with Gasteiger partial charge in [0.25, 0.3) is 5.91 Å². The van der Waals surface area contributed by atoms with Crippen LogP contribution in [0.5, 0.6) is 0 Å². The molecular weight excluding hydrogens is 588 g/mol. The molecular formula is C31H40N4O8S. The first-order valence-corrected chi connectivity index (χ1v) is 16.0. The second kappa shape index (κ2) is 12.7. The minimum absolute atomic E-state index is 0.0232. The molecule has 3 aliphatic rings. The lowest BCUT2D eigenvalue weighted by Gasteiger charge is -2.41. The second-order valence-corrected chi connectivity index (χ2v) is 13.4. The van der Waals surface area contributed by atoms with Crippen LogP contribution in [-0.4, -0.2) is 76.6 Å². The predicted molar refractivity (Wildman–Crippen MR) is 163 cm³/mol. The van der Waals surface area contributed by atoms with Crippen molar-refractivity contribution in [2.45, 2.75) is 95.1 Å². The third kappa shape index (κ3) is 6.38. The van der Waals surface area contributed by atoms with E-state index >= 15 is 0 Å². The Morgan fingerprint density at radius 3 is 2.57 bits per heavy atom. The van der Waals surface area contributed by atoms with Crippen molar-refractivity contribution in [3.05, 3.63) is 45.4 Å². The number of nitrogens with zero attached hydrogens (tertiary/aromatic N) is 3. The van der Waals surface area contributed by atoms with E-state index in [0.29, 0.717) is 56.7 Å².